The molecule has 0 saturated carbocycles. The molecule has 1 aromatic carbocycles. The maximum absolute atomic E-state index is 12.1. The van der Waals surface area contributed by atoms with Crippen LogP contribution >= 0.6 is 0 Å². The van der Waals surface area contributed by atoms with Gasteiger partial charge in [0.05, 0.1) is 18.1 Å². The van der Waals surface area contributed by atoms with Gasteiger partial charge in [-0.1, -0.05) is 0 Å². The molecule has 0 aliphatic rings. The van der Waals surface area contributed by atoms with Gasteiger partial charge in [0.1, 0.15) is 11.6 Å². The van der Waals surface area contributed by atoms with Crippen LogP contribution in [-0.4, -0.2) is 56.7 Å². The van der Waals surface area contributed by atoms with Gasteiger partial charge in [-0.2, -0.15) is 0 Å². The van der Waals surface area contributed by atoms with E-state index in [1.54, 1.807) is 14.2 Å². The first-order valence-electron chi connectivity index (χ1n) is 6.99. The molecule has 0 atom stereocenters. The first-order valence-corrected chi connectivity index (χ1v) is 6.99. The Morgan fingerprint density at radius 2 is 2.17 bits per heavy atom. The standard InChI is InChI=1S/C14H16N6O3/c1-20(13(21)12-17-14(22)19-18-12)6-5-11-15-9-4-3-8(23-2)7-10(9)16-11/h3-4,7H,5-6H2,1-2H3,(H,15,16)(H2,17,18,19,22). The number of methoxy groups -OCH3 is 1. The molecule has 2 heterocycles. The van der Waals surface area contributed by atoms with Crippen LogP contribution in [0.1, 0.15) is 16.4 Å². The van der Waals surface area contributed by atoms with Gasteiger partial charge in [0.15, 0.2) is 0 Å². The smallest absolute Gasteiger partial charge is 0.341 e. The second-order valence-electron chi connectivity index (χ2n) is 5.07. The number of imidazole rings is 1. The Kier molecular flexibility index (Phi) is 3.83. The van der Waals surface area contributed by atoms with Gasteiger partial charge in [-0.05, 0) is 12.1 Å². The highest BCUT2D eigenvalue weighted by atomic mass is 16.5. The van der Waals surface area contributed by atoms with Gasteiger partial charge in [-0.3, -0.25) is 9.78 Å². The van der Waals surface area contributed by atoms with E-state index in [1.165, 1.54) is 4.90 Å². The lowest BCUT2D eigenvalue weighted by atomic mass is 10.3. The van der Waals surface area contributed by atoms with Crippen molar-refractivity contribution in [2.45, 2.75) is 6.42 Å². The molecule has 3 rings (SSSR count). The number of nitrogens with zero attached hydrogens (tertiary/aromatic N) is 3. The summed E-state index contributed by atoms with van der Waals surface area (Å²) in [6.45, 7) is 0.435. The fraction of sp³-hybridized carbons (Fsp3) is 0.286. The molecule has 1 amide bonds. The molecule has 3 N–H and O–H groups in total. The number of carbonyl (C=O) groups excluding carboxylic acids is 1. The number of aromatic nitrogens is 5. The number of H-pyrrole nitrogens is 3. The molecule has 0 fully saturated rings. The van der Waals surface area contributed by atoms with E-state index in [9.17, 15) is 9.59 Å². The van der Waals surface area contributed by atoms with Crippen molar-refractivity contribution in [3.05, 3.63) is 40.3 Å². The molecule has 3 aromatic rings. The summed E-state index contributed by atoms with van der Waals surface area (Å²) in [4.78, 5) is 34.5. The molecule has 0 bridgehead atoms. The van der Waals surface area contributed by atoms with Crippen molar-refractivity contribution in [2.75, 3.05) is 20.7 Å². The molecule has 0 spiro atoms. The Morgan fingerprint density at radius 3 is 2.87 bits per heavy atom. The largest absolute Gasteiger partial charge is 0.497 e. The predicted octanol–water partition coefficient (Wildman–Crippen LogP) is 0.298. The maximum Gasteiger partial charge on any atom is 0.341 e. The second kappa shape index (κ2) is 5.95. The Labute approximate surface area is 130 Å². The summed E-state index contributed by atoms with van der Waals surface area (Å²) in [7, 11) is 3.25. The normalized spacial score (nSPS) is 10.9. The van der Waals surface area contributed by atoms with E-state index >= 15 is 0 Å². The molecule has 0 aliphatic heterocycles. The van der Waals surface area contributed by atoms with E-state index < -0.39 is 5.69 Å². The average molecular weight is 316 g/mol. The molecule has 9 nitrogen and oxygen atoms in total. The highest BCUT2D eigenvalue weighted by Crippen LogP contribution is 2.18. The van der Waals surface area contributed by atoms with Crippen LogP contribution in [0, 0.1) is 0 Å². The molecule has 23 heavy (non-hydrogen) atoms. The number of nitrogens with one attached hydrogen (secondary N) is 3. The lowest BCUT2D eigenvalue weighted by Gasteiger charge is -2.14. The minimum atomic E-state index is -0.506. The predicted molar refractivity (Wildman–Crippen MR) is 82.5 cm³/mol. The molecule has 0 radical (unpaired) electrons. The number of carbonyl (C=O) groups is 1. The van der Waals surface area contributed by atoms with Crippen LogP contribution in [0.2, 0.25) is 0 Å². The summed E-state index contributed by atoms with van der Waals surface area (Å²) in [5.74, 6) is 1.15. The average Bonchev–Trinajstić information content (AvgIpc) is 3.16. The molecule has 0 unspecified atom stereocenters. The van der Waals surface area contributed by atoms with Crippen molar-refractivity contribution in [3.8, 4) is 5.75 Å². The van der Waals surface area contributed by atoms with Gasteiger partial charge >= 0.3 is 5.69 Å². The minimum Gasteiger partial charge on any atom is -0.497 e. The monoisotopic (exact) mass is 316 g/mol. The van der Waals surface area contributed by atoms with E-state index in [4.69, 9.17) is 4.74 Å². The first-order chi connectivity index (χ1) is 11.1. The third-order valence-corrected chi connectivity index (χ3v) is 3.47. The summed E-state index contributed by atoms with van der Waals surface area (Å²) < 4.78 is 5.17. The number of likely N-dealkylation sites (N-methyl/N-ethyl adjacent to an activating group) is 1. The SMILES string of the molecule is COc1ccc2nc(CCN(C)C(=O)c3n[nH]c(=O)[nH]3)[nH]c2c1. The van der Waals surface area contributed by atoms with Gasteiger partial charge in [-0.25, -0.2) is 14.9 Å². The van der Waals surface area contributed by atoms with Crippen LogP contribution in [-0.2, 0) is 6.42 Å². The van der Waals surface area contributed by atoms with Crippen molar-refractivity contribution >= 4 is 16.9 Å². The topological polar surface area (TPSA) is 120 Å². The molecule has 2 aromatic heterocycles. The Balaban J connectivity index is 1.67. The van der Waals surface area contributed by atoms with Gasteiger partial charge in [0.25, 0.3) is 5.91 Å². The Hall–Kier alpha value is -3.10. The van der Waals surface area contributed by atoms with E-state index in [0.29, 0.717) is 13.0 Å². The van der Waals surface area contributed by atoms with E-state index in [0.717, 1.165) is 22.6 Å². The first kappa shape index (κ1) is 14.8. The van der Waals surface area contributed by atoms with Crippen LogP contribution in [0.4, 0.5) is 0 Å². The third kappa shape index (κ3) is 3.07. The fourth-order valence-corrected chi connectivity index (χ4v) is 2.21. The summed E-state index contributed by atoms with van der Waals surface area (Å²) in [5, 5.41) is 5.79. The van der Waals surface area contributed by atoms with Gasteiger partial charge < -0.3 is 14.6 Å². The Morgan fingerprint density at radius 1 is 1.35 bits per heavy atom. The third-order valence-electron chi connectivity index (χ3n) is 3.47. The maximum atomic E-state index is 12.1. The van der Waals surface area contributed by atoms with Crippen molar-refractivity contribution in [2.24, 2.45) is 0 Å². The van der Waals surface area contributed by atoms with Gasteiger partial charge in [0, 0.05) is 26.1 Å². The summed E-state index contributed by atoms with van der Waals surface area (Å²) in [6.07, 6.45) is 0.549. The second-order valence-corrected chi connectivity index (χ2v) is 5.07. The molecular weight excluding hydrogens is 300 g/mol. The number of amides is 1. The summed E-state index contributed by atoms with van der Waals surface area (Å²) >= 11 is 0. The van der Waals surface area contributed by atoms with Gasteiger partial charge in [0.2, 0.25) is 5.82 Å². The molecule has 0 aliphatic carbocycles. The summed E-state index contributed by atoms with van der Waals surface area (Å²) in [5.41, 5.74) is 1.21. The number of hydrogen-bond donors (Lipinski definition) is 3. The minimum absolute atomic E-state index is 0.00755. The highest BCUT2D eigenvalue weighted by molar-refractivity contribution is 5.90. The molecule has 0 saturated heterocycles. The van der Waals surface area contributed by atoms with Crippen LogP contribution < -0.4 is 10.4 Å². The van der Waals surface area contributed by atoms with E-state index in [-0.39, 0.29) is 11.7 Å². The summed E-state index contributed by atoms with van der Waals surface area (Å²) in [6, 6.07) is 5.59. The lowest BCUT2D eigenvalue weighted by Crippen LogP contribution is -2.30. The number of fused-ring (bicyclic) bond motifs is 1. The van der Waals surface area contributed by atoms with Gasteiger partial charge in [-0.15, -0.1) is 5.10 Å². The zero-order chi connectivity index (χ0) is 16.4. The molecule has 9 heteroatoms. The number of rotatable bonds is 5. The number of aromatic amines is 3. The van der Waals surface area contributed by atoms with Crippen LogP contribution in [0.25, 0.3) is 11.0 Å². The van der Waals surface area contributed by atoms with Crippen molar-refractivity contribution in [3.63, 3.8) is 0 Å². The van der Waals surface area contributed by atoms with Crippen molar-refractivity contribution < 1.29 is 9.53 Å². The Bertz CT molecular complexity index is 893. The van der Waals surface area contributed by atoms with Crippen LogP contribution in [0.15, 0.2) is 23.0 Å². The highest BCUT2D eigenvalue weighted by Gasteiger charge is 2.16. The molecular formula is C14H16N6O3. The lowest BCUT2D eigenvalue weighted by molar-refractivity contribution is 0.0784. The number of hydrogen-bond acceptors (Lipinski definition) is 5. The van der Waals surface area contributed by atoms with Crippen molar-refractivity contribution in [1.29, 1.82) is 0 Å². The van der Waals surface area contributed by atoms with Crippen LogP contribution in [0.5, 0.6) is 5.75 Å². The number of ether oxygens (including phenoxy) is 1. The van der Waals surface area contributed by atoms with E-state index in [2.05, 4.69) is 25.1 Å². The quantitative estimate of drug-likeness (QED) is 0.625. The zero-order valence-corrected chi connectivity index (χ0v) is 12.7. The van der Waals surface area contributed by atoms with Crippen molar-refractivity contribution in [1.82, 2.24) is 30.0 Å². The zero-order valence-electron chi connectivity index (χ0n) is 12.7. The van der Waals surface area contributed by atoms with E-state index in [1.807, 2.05) is 18.2 Å². The fourth-order valence-electron chi connectivity index (χ4n) is 2.21. The number of benzene rings is 1. The molecule has 120 valence electrons. The van der Waals surface area contributed by atoms with Crippen LogP contribution in [0.3, 0.4) is 0 Å².